The molecule has 0 aliphatic carbocycles. The maximum Gasteiger partial charge on any atom is 0.134 e. The fourth-order valence-corrected chi connectivity index (χ4v) is 1.15. The van der Waals surface area contributed by atoms with Crippen LogP contribution in [0.2, 0.25) is 5.02 Å². The van der Waals surface area contributed by atoms with E-state index in [2.05, 4.69) is 5.43 Å². The zero-order valence-corrected chi connectivity index (χ0v) is 7.05. The lowest BCUT2D eigenvalue weighted by molar-refractivity contribution is 0.666. The molecule has 1 unspecified atom stereocenters. The Labute approximate surface area is 75.7 Å². The van der Waals surface area contributed by atoms with E-state index < -0.39 is 6.04 Å². The van der Waals surface area contributed by atoms with Crippen LogP contribution < -0.4 is 11.3 Å². The summed E-state index contributed by atoms with van der Waals surface area (Å²) in [7, 11) is 0. The fourth-order valence-electron chi connectivity index (χ4n) is 0.906. The molecule has 62 valence electrons. The van der Waals surface area contributed by atoms with Gasteiger partial charge >= 0.3 is 0 Å². The molecule has 3 N–H and O–H groups in total. The summed E-state index contributed by atoms with van der Waals surface area (Å²) >= 11 is 5.83. The molecule has 0 aliphatic rings. The molecule has 0 aliphatic heterocycles. The Bertz CT molecular complexity index is 305. The second-order valence-electron chi connectivity index (χ2n) is 2.25. The summed E-state index contributed by atoms with van der Waals surface area (Å²) in [5, 5.41) is 9.20. The van der Waals surface area contributed by atoms with E-state index in [1.54, 1.807) is 18.2 Å². The third kappa shape index (κ3) is 1.74. The molecule has 0 spiro atoms. The van der Waals surface area contributed by atoms with Crippen LogP contribution in [0.25, 0.3) is 0 Å². The summed E-state index contributed by atoms with van der Waals surface area (Å²) in [4.78, 5) is 0. The van der Waals surface area contributed by atoms with Crippen molar-refractivity contribution in [3.63, 3.8) is 0 Å². The normalized spacial score (nSPS) is 12.1. The van der Waals surface area contributed by atoms with E-state index in [0.29, 0.717) is 10.6 Å². The Balaban J connectivity index is 3.02. The van der Waals surface area contributed by atoms with Crippen LogP contribution in [0, 0.1) is 11.3 Å². The van der Waals surface area contributed by atoms with Gasteiger partial charge in [0.05, 0.1) is 6.07 Å². The topological polar surface area (TPSA) is 61.8 Å². The molecule has 1 atom stereocenters. The van der Waals surface area contributed by atoms with Crippen LogP contribution in [-0.2, 0) is 0 Å². The molecule has 0 amide bonds. The Morgan fingerprint density at radius 1 is 1.50 bits per heavy atom. The maximum atomic E-state index is 8.65. The van der Waals surface area contributed by atoms with Gasteiger partial charge in [-0.2, -0.15) is 5.26 Å². The molecule has 0 saturated carbocycles. The molecule has 1 aromatic rings. The number of nitrogens with two attached hydrogens (primary N) is 1. The Morgan fingerprint density at radius 3 is 2.67 bits per heavy atom. The van der Waals surface area contributed by atoms with Gasteiger partial charge in [-0.15, -0.1) is 0 Å². The van der Waals surface area contributed by atoms with Gasteiger partial charge in [-0.1, -0.05) is 29.8 Å². The molecule has 0 saturated heterocycles. The Hall–Kier alpha value is -1.08. The number of hydrogen-bond donors (Lipinski definition) is 2. The van der Waals surface area contributed by atoms with Gasteiger partial charge in [-0.25, -0.2) is 5.43 Å². The smallest absolute Gasteiger partial charge is 0.134 e. The van der Waals surface area contributed by atoms with Gasteiger partial charge in [0, 0.05) is 10.6 Å². The molecule has 0 radical (unpaired) electrons. The summed E-state index contributed by atoms with van der Waals surface area (Å²) in [6, 6.07) is 8.54. The quantitative estimate of drug-likeness (QED) is 0.535. The second-order valence-corrected chi connectivity index (χ2v) is 2.66. The summed E-state index contributed by atoms with van der Waals surface area (Å²) in [6.07, 6.45) is 0. The van der Waals surface area contributed by atoms with Gasteiger partial charge in [-0.3, -0.25) is 5.84 Å². The predicted molar refractivity (Wildman–Crippen MR) is 47.1 cm³/mol. The molecule has 4 heteroatoms. The van der Waals surface area contributed by atoms with Crippen LogP contribution in [0.3, 0.4) is 0 Å². The van der Waals surface area contributed by atoms with Crippen molar-refractivity contribution < 1.29 is 0 Å². The second kappa shape index (κ2) is 4.07. The zero-order valence-electron chi connectivity index (χ0n) is 6.29. The highest BCUT2D eigenvalue weighted by molar-refractivity contribution is 6.31. The van der Waals surface area contributed by atoms with E-state index in [1.165, 1.54) is 0 Å². The Kier molecular flexibility index (Phi) is 3.06. The molecule has 1 rings (SSSR count). The number of nitrogens with one attached hydrogen (secondary N) is 1. The highest BCUT2D eigenvalue weighted by atomic mass is 35.5. The molecular weight excluding hydrogens is 174 g/mol. The van der Waals surface area contributed by atoms with Crippen molar-refractivity contribution in [2.75, 3.05) is 0 Å². The van der Waals surface area contributed by atoms with E-state index in [9.17, 15) is 0 Å². The first kappa shape index (κ1) is 9.01. The molecule has 0 heterocycles. The predicted octanol–water partition coefficient (Wildman–Crippen LogP) is 1.37. The SMILES string of the molecule is N#CC(NN)c1ccccc1Cl. The van der Waals surface area contributed by atoms with Crippen molar-refractivity contribution >= 4 is 11.6 Å². The lowest BCUT2D eigenvalue weighted by Crippen LogP contribution is -2.26. The van der Waals surface area contributed by atoms with Crippen LogP contribution in [0.5, 0.6) is 0 Å². The zero-order chi connectivity index (χ0) is 8.97. The molecule has 1 aromatic carbocycles. The average Bonchev–Trinajstić information content (AvgIpc) is 2.10. The van der Waals surface area contributed by atoms with Gasteiger partial charge in [-0.05, 0) is 6.07 Å². The highest BCUT2D eigenvalue weighted by Crippen LogP contribution is 2.20. The molecular formula is C8H8ClN3. The number of hydrogen-bond acceptors (Lipinski definition) is 3. The van der Waals surface area contributed by atoms with Crippen LogP contribution >= 0.6 is 11.6 Å². The molecule has 0 bridgehead atoms. The first-order valence-corrected chi connectivity index (χ1v) is 3.77. The maximum absolute atomic E-state index is 8.65. The van der Waals surface area contributed by atoms with E-state index >= 15 is 0 Å². The van der Waals surface area contributed by atoms with Gasteiger partial charge in [0.15, 0.2) is 0 Å². The number of hydrazine groups is 1. The number of benzene rings is 1. The summed E-state index contributed by atoms with van der Waals surface area (Å²) in [6.45, 7) is 0. The van der Waals surface area contributed by atoms with Crippen LogP contribution in [0.4, 0.5) is 0 Å². The fraction of sp³-hybridized carbons (Fsp3) is 0.125. The van der Waals surface area contributed by atoms with Crippen LogP contribution in [0.1, 0.15) is 11.6 Å². The van der Waals surface area contributed by atoms with Gasteiger partial charge in [0.25, 0.3) is 0 Å². The van der Waals surface area contributed by atoms with Gasteiger partial charge < -0.3 is 0 Å². The van der Waals surface area contributed by atoms with Crippen molar-refractivity contribution in [1.82, 2.24) is 5.43 Å². The molecule has 0 fully saturated rings. The third-order valence-corrected chi connectivity index (χ3v) is 1.86. The summed E-state index contributed by atoms with van der Waals surface area (Å²) in [5.41, 5.74) is 3.06. The minimum atomic E-state index is -0.543. The molecule has 3 nitrogen and oxygen atoms in total. The third-order valence-electron chi connectivity index (χ3n) is 1.51. The lowest BCUT2D eigenvalue weighted by Gasteiger charge is -2.08. The van der Waals surface area contributed by atoms with Gasteiger partial charge in [0.2, 0.25) is 0 Å². The van der Waals surface area contributed by atoms with Crippen LogP contribution in [0.15, 0.2) is 24.3 Å². The van der Waals surface area contributed by atoms with E-state index in [0.717, 1.165) is 0 Å². The molecule has 12 heavy (non-hydrogen) atoms. The van der Waals surface area contributed by atoms with E-state index in [1.807, 2.05) is 12.1 Å². The van der Waals surface area contributed by atoms with Crippen LogP contribution in [-0.4, -0.2) is 0 Å². The average molecular weight is 182 g/mol. The van der Waals surface area contributed by atoms with E-state index in [4.69, 9.17) is 22.7 Å². The van der Waals surface area contributed by atoms with Crippen molar-refractivity contribution in [2.45, 2.75) is 6.04 Å². The monoisotopic (exact) mass is 181 g/mol. The van der Waals surface area contributed by atoms with Crippen molar-refractivity contribution in [3.05, 3.63) is 34.9 Å². The Morgan fingerprint density at radius 2 is 2.17 bits per heavy atom. The standard InChI is InChI=1S/C8H8ClN3/c9-7-4-2-1-3-6(7)8(5-10)12-11/h1-4,8,12H,11H2. The van der Waals surface area contributed by atoms with E-state index in [-0.39, 0.29) is 0 Å². The van der Waals surface area contributed by atoms with Crippen molar-refractivity contribution in [1.29, 1.82) is 5.26 Å². The van der Waals surface area contributed by atoms with Gasteiger partial charge in [0.1, 0.15) is 6.04 Å². The largest absolute Gasteiger partial charge is 0.270 e. The minimum absolute atomic E-state index is 0.543. The summed E-state index contributed by atoms with van der Waals surface area (Å²) in [5.74, 6) is 5.15. The number of nitriles is 1. The first-order chi connectivity index (χ1) is 5.79. The van der Waals surface area contributed by atoms with Crippen molar-refractivity contribution in [2.24, 2.45) is 5.84 Å². The number of nitrogens with zero attached hydrogens (tertiary/aromatic N) is 1. The molecule has 0 aromatic heterocycles. The highest BCUT2D eigenvalue weighted by Gasteiger charge is 2.10. The summed E-state index contributed by atoms with van der Waals surface area (Å²) < 4.78 is 0. The minimum Gasteiger partial charge on any atom is -0.270 e. The number of halogens is 1. The van der Waals surface area contributed by atoms with Crippen molar-refractivity contribution in [3.8, 4) is 6.07 Å². The first-order valence-electron chi connectivity index (χ1n) is 3.39. The lowest BCUT2D eigenvalue weighted by atomic mass is 10.1. The number of rotatable bonds is 2.